The van der Waals surface area contributed by atoms with Crippen LogP contribution in [0, 0.1) is 4.78 Å². The van der Waals surface area contributed by atoms with E-state index in [1.165, 1.54) is 0 Å². The zero-order chi connectivity index (χ0) is 23.0. The SMILES string of the molecule is COc1ccc(S(=N)(=O)NC2CCCC(N3c4ccccc4Sc4ccccc43)C2O)cc1. The van der Waals surface area contributed by atoms with Crippen molar-refractivity contribution in [2.24, 2.45) is 0 Å². The molecule has 172 valence electrons. The molecule has 0 radical (unpaired) electrons. The van der Waals surface area contributed by atoms with E-state index in [1.807, 2.05) is 24.3 Å². The van der Waals surface area contributed by atoms with Crippen molar-refractivity contribution < 1.29 is 14.1 Å². The van der Waals surface area contributed by atoms with Crippen LogP contribution >= 0.6 is 11.8 Å². The van der Waals surface area contributed by atoms with Crippen LogP contribution in [0.1, 0.15) is 19.3 Å². The lowest BCUT2D eigenvalue weighted by Crippen LogP contribution is -2.55. The monoisotopic (exact) mass is 481 g/mol. The lowest BCUT2D eigenvalue weighted by molar-refractivity contribution is 0.0813. The van der Waals surface area contributed by atoms with Crippen LogP contribution < -0.4 is 14.4 Å². The number of nitrogens with zero attached hydrogens (tertiary/aromatic N) is 1. The summed E-state index contributed by atoms with van der Waals surface area (Å²) in [5.74, 6) is 0.645. The summed E-state index contributed by atoms with van der Waals surface area (Å²) in [4.78, 5) is 4.92. The summed E-state index contributed by atoms with van der Waals surface area (Å²) in [6.45, 7) is 0. The van der Waals surface area contributed by atoms with E-state index in [9.17, 15) is 9.32 Å². The molecule has 3 aromatic rings. The summed E-state index contributed by atoms with van der Waals surface area (Å²) >= 11 is 1.74. The van der Waals surface area contributed by atoms with Crippen molar-refractivity contribution in [3.63, 3.8) is 0 Å². The van der Waals surface area contributed by atoms with Crippen LogP contribution in [0.3, 0.4) is 0 Å². The fourth-order valence-electron chi connectivity index (χ4n) is 4.71. The molecule has 6 nitrogen and oxygen atoms in total. The van der Waals surface area contributed by atoms with E-state index in [2.05, 4.69) is 33.9 Å². The van der Waals surface area contributed by atoms with Gasteiger partial charge in [-0.25, -0.2) is 13.7 Å². The Bertz CT molecular complexity index is 1200. The molecule has 8 heteroatoms. The van der Waals surface area contributed by atoms with Gasteiger partial charge in [-0.05, 0) is 67.8 Å². The highest BCUT2D eigenvalue weighted by molar-refractivity contribution is 7.99. The van der Waals surface area contributed by atoms with Crippen molar-refractivity contribution in [2.45, 2.75) is 52.1 Å². The Morgan fingerprint density at radius 2 is 1.61 bits per heavy atom. The first-order chi connectivity index (χ1) is 16.0. The maximum atomic E-state index is 13.3. The molecule has 5 rings (SSSR count). The van der Waals surface area contributed by atoms with E-state index in [1.54, 1.807) is 43.1 Å². The number of benzene rings is 3. The van der Waals surface area contributed by atoms with Crippen LogP contribution in [0.2, 0.25) is 0 Å². The minimum absolute atomic E-state index is 0.189. The highest BCUT2D eigenvalue weighted by Crippen LogP contribution is 2.50. The van der Waals surface area contributed by atoms with Crippen LogP contribution in [-0.2, 0) is 9.92 Å². The molecule has 0 saturated heterocycles. The molecule has 1 aliphatic heterocycles. The summed E-state index contributed by atoms with van der Waals surface area (Å²) < 4.78 is 29.9. The van der Waals surface area contributed by atoms with Gasteiger partial charge in [-0.3, -0.25) is 0 Å². The average molecular weight is 482 g/mol. The summed E-state index contributed by atoms with van der Waals surface area (Å²) in [5.41, 5.74) is 2.15. The van der Waals surface area contributed by atoms with E-state index in [4.69, 9.17) is 9.52 Å². The van der Waals surface area contributed by atoms with Gasteiger partial charge in [0.1, 0.15) is 15.7 Å². The minimum Gasteiger partial charge on any atom is -0.497 e. The number of aliphatic hydroxyl groups excluding tert-OH is 1. The summed E-state index contributed by atoms with van der Waals surface area (Å²) in [6.07, 6.45) is 1.56. The maximum Gasteiger partial charge on any atom is 0.134 e. The first-order valence-corrected chi connectivity index (χ1v) is 13.4. The van der Waals surface area contributed by atoms with Crippen LogP contribution in [0.5, 0.6) is 5.75 Å². The molecule has 1 heterocycles. The van der Waals surface area contributed by atoms with Gasteiger partial charge in [-0.2, -0.15) is 0 Å². The molecule has 3 aromatic carbocycles. The number of ether oxygens (including phenoxy) is 1. The van der Waals surface area contributed by atoms with E-state index in [0.29, 0.717) is 17.1 Å². The molecule has 1 aliphatic carbocycles. The van der Waals surface area contributed by atoms with Crippen molar-refractivity contribution in [2.75, 3.05) is 12.0 Å². The van der Waals surface area contributed by atoms with Crippen molar-refractivity contribution in [3.05, 3.63) is 72.8 Å². The normalized spacial score (nSPS) is 23.8. The molecule has 3 N–H and O–H groups in total. The number of fused-ring (bicyclic) bond motifs is 2. The Hall–Kier alpha value is -2.52. The number of anilines is 2. The molecule has 33 heavy (non-hydrogen) atoms. The molecule has 1 saturated carbocycles. The molecule has 0 amide bonds. The number of hydrogen-bond acceptors (Lipinski definition) is 6. The predicted molar refractivity (Wildman–Crippen MR) is 132 cm³/mol. The Balaban J connectivity index is 1.44. The Morgan fingerprint density at radius 3 is 2.21 bits per heavy atom. The van der Waals surface area contributed by atoms with Crippen molar-refractivity contribution in [1.29, 1.82) is 4.78 Å². The second-order valence-corrected chi connectivity index (χ2v) is 11.3. The fraction of sp³-hybridized carbons (Fsp3) is 0.280. The van der Waals surface area contributed by atoms with Gasteiger partial charge in [-0.15, -0.1) is 0 Å². The third-order valence-electron chi connectivity index (χ3n) is 6.33. The molecular weight excluding hydrogens is 454 g/mol. The fourth-order valence-corrected chi connectivity index (χ4v) is 7.12. The maximum absolute atomic E-state index is 13.3. The van der Waals surface area contributed by atoms with Gasteiger partial charge in [-0.1, -0.05) is 36.0 Å². The molecule has 0 bridgehead atoms. The van der Waals surface area contributed by atoms with Crippen LogP contribution in [0.4, 0.5) is 11.4 Å². The van der Waals surface area contributed by atoms with Gasteiger partial charge >= 0.3 is 0 Å². The zero-order valence-electron chi connectivity index (χ0n) is 18.3. The van der Waals surface area contributed by atoms with E-state index in [0.717, 1.165) is 34.0 Å². The summed E-state index contributed by atoms with van der Waals surface area (Å²) in [7, 11) is -1.71. The Morgan fingerprint density at radius 1 is 1.00 bits per heavy atom. The van der Waals surface area contributed by atoms with Gasteiger partial charge in [0.15, 0.2) is 0 Å². The molecular formula is C25H27N3O3S2. The quantitative estimate of drug-likeness (QED) is 0.467. The lowest BCUT2D eigenvalue weighted by atomic mass is 9.87. The summed E-state index contributed by atoms with van der Waals surface area (Å²) in [5, 5.41) is 11.5. The molecule has 2 aliphatic rings. The molecule has 0 spiro atoms. The van der Waals surface area contributed by atoms with Crippen LogP contribution in [-0.4, -0.2) is 34.6 Å². The smallest absolute Gasteiger partial charge is 0.134 e. The van der Waals surface area contributed by atoms with Crippen molar-refractivity contribution in [1.82, 2.24) is 4.72 Å². The second kappa shape index (κ2) is 9.02. The van der Waals surface area contributed by atoms with Gasteiger partial charge < -0.3 is 14.7 Å². The molecule has 1 fully saturated rings. The molecule has 4 atom stereocenters. The van der Waals surface area contributed by atoms with Gasteiger partial charge in [0.05, 0.1) is 35.5 Å². The van der Waals surface area contributed by atoms with E-state index in [-0.39, 0.29) is 6.04 Å². The first-order valence-electron chi connectivity index (χ1n) is 11.0. The molecule has 4 unspecified atom stereocenters. The summed E-state index contributed by atoms with van der Waals surface area (Å²) in [6, 6.07) is 22.5. The zero-order valence-corrected chi connectivity index (χ0v) is 19.9. The van der Waals surface area contributed by atoms with Gasteiger partial charge in [0.2, 0.25) is 0 Å². The highest BCUT2D eigenvalue weighted by atomic mass is 32.2. The third kappa shape index (κ3) is 4.24. The number of aliphatic hydroxyl groups is 1. The van der Waals surface area contributed by atoms with E-state index < -0.39 is 22.1 Å². The number of para-hydroxylation sites is 2. The number of nitrogens with one attached hydrogen (secondary N) is 2. The van der Waals surface area contributed by atoms with Crippen molar-refractivity contribution >= 4 is 33.1 Å². The van der Waals surface area contributed by atoms with E-state index >= 15 is 0 Å². The highest BCUT2D eigenvalue weighted by Gasteiger charge is 2.40. The van der Waals surface area contributed by atoms with Crippen LogP contribution in [0.25, 0.3) is 0 Å². The van der Waals surface area contributed by atoms with Gasteiger partial charge in [0.25, 0.3) is 0 Å². The topological polar surface area (TPSA) is 85.7 Å². The molecule has 0 aromatic heterocycles. The second-order valence-electron chi connectivity index (χ2n) is 8.35. The number of rotatable bonds is 5. The van der Waals surface area contributed by atoms with Gasteiger partial charge in [0, 0.05) is 15.8 Å². The first kappa shape index (κ1) is 22.3. The average Bonchev–Trinajstić information content (AvgIpc) is 2.84. The Labute approximate surface area is 199 Å². The third-order valence-corrected chi connectivity index (χ3v) is 9.03. The standard InChI is InChI=1S/C25H27N3O3S2/c1-31-17-13-15-18(16-14-17)33(26,30)27-19-7-6-10-22(25(19)29)28-20-8-2-4-11-23(20)32-24-12-5-3-9-21(24)28/h2-5,8-9,11-16,19,22,25,29H,6-7,10H2,1H3,(H2,26,27,30). The largest absolute Gasteiger partial charge is 0.497 e. The number of hydrogen-bond donors (Lipinski definition) is 3. The Kier molecular flexibility index (Phi) is 6.09. The predicted octanol–water partition coefficient (Wildman–Crippen LogP) is 5.19. The lowest BCUT2D eigenvalue weighted by Gasteiger charge is -2.45. The minimum atomic E-state index is -3.28. The number of methoxy groups -OCH3 is 1. The van der Waals surface area contributed by atoms with Crippen molar-refractivity contribution in [3.8, 4) is 5.75 Å². The van der Waals surface area contributed by atoms with Crippen LogP contribution in [0.15, 0.2) is 87.5 Å².